The molecule has 3 rings (SSSR count). The Morgan fingerprint density at radius 2 is 1.82 bits per heavy atom. The summed E-state index contributed by atoms with van der Waals surface area (Å²) >= 11 is 0. The smallest absolute Gasteiger partial charge is 0.337 e. The molecule has 1 aromatic carbocycles. The Morgan fingerprint density at radius 1 is 1.11 bits per heavy atom. The minimum atomic E-state index is -0.367. The van der Waals surface area contributed by atoms with Crippen LogP contribution in [0, 0.1) is 0 Å². The molecule has 2 heterocycles. The molecule has 0 bridgehead atoms. The van der Waals surface area contributed by atoms with Gasteiger partial charge in [-0.2, -0.15) is 4.98 Å². The molecule has 2 aromatic heterocycles. The Hall–Kier alpha value is -3.48. The van der Waals surface area contributed by atoms with Gasteiger partial charge in [-0.3, -0.25) is 4.98 Å². The molecule has 3 aromatic rings. The normalized spacial score (nSPS) is 11.5. The first-order valence-electron chi connectivity index (χ1n) is 9.10. The van der Waals surface area contributed by atoms with Gasteiger partial charge in [-0.15, -0.1) is 0 Å². The van der Waals surface area contributed by atoms with Crippen molar-refractivity contribution in [2.45, 2.75) is 26.3 Å². The molecule has 0 spiro atoms. The quantitative estimate of drug-likeness (QED) is 0.594. The highest BCUT2D eigenvalue weighted by Crippen LogP contribution is 2.24. The van der Waals surface area contributed by atoms with Gasteiger partial charge < -0.3 is 15.4 Å². The molecule has 0 aliphatic rings. The Bertz CT molecular complexity index is 929. The van der Waals surface area contributed by atoms with Gasteiger partial charge >= 0.3 is 5.97 Å². The largest absolute Gasteiger partial charge is 0.465 e. The number of methoxy groups -OCH3 is 1. The fourth-order valence-electron chi connectivity index (χ4n) is 2.52. The van der Waals surface area contributed by atoms with Gasteiger partial charge in [0.15, 0.2) is 0 Å². The van der Waals surface area contributed by atoms with Crippen LogP contribution in [0.25, 0.3) is 11.3 Å². The third kappa shape index (κ3) is 4.82. The van der Waals surface area contributed by atoms with Crippen LogP contribution in [0.5, 0.6) is 0 Å². The minimum absolute atomic E-state index is 0.250. The average Bonchev–Trinajstić information content (AvgIpc) is 2.74. The van der Waals surface area contributed by atoms with Gasteiger partial charge in [0.2, 0.25) is 5.95 Å². The van der Waals surface area contributed by atoms with Crippen molar-refractivity contribution >= 4 is 23.4 Å². The summed E-state index contributed by atoms with van der Waals surface area (Å²) in [6, 6.07) is 13.0. The van der Waals surface area contributed by atoms with Gasteiger partial charge in [0, 0.05) is 35.8 Å². The molecular formula is C21H23N5O2. The minimum Gasteiger partial charge on any atom is -0.465 e. The fraction of sp³-hybridized carbons (Fsp3) is 0.238. The van der Waals surface area contributed by atoms with E-state index in [-0.39, 0.29) is 12.0 Å². The van der Waals surface area contributed by atoms with E-state index >= 15 is 0 Å². The first-order valence-corrected chi connectivity index (χ1v) is 9.10. The number of carbonyl (C=O) groups is 1. The summed E-state index contributed by atoms with van der Waals surface area (Å²) in [6.07, 6.45) is 4.43. The summed E-state index contributed by atoms with van der Waals surface area (Å²) in [6.45, 7) is 4.19. The lowest BCUT2D eigenvalue weighted by molar-refractivity contribution is 0.0601. The van der Waals surface area contributed by atoms with Gasteiger partial charge in [0.1, 0.15) is 5.82 Å². The molecule has 2 N–H and O–H groups in total. The first-order chi connectivity index (χ1) is 13.6. The fourth-order valence-corrected chi connectivity index (χ4v) is 2.52. The van der Waals surface area contributed by atoms with Crippen molar-refractivity contribution < 1.29 is 9.53 Å². The molecule has 0 aliphatic heterocycles. The van der Waals surface area contributed by atoms with Crippen LogP contribution < -0.4 is 10.6 Å². The average molecular weight is 377 g/mol. The summed E-state index contributed by atoms with van der Waals surface area (Å²) in [5.41, 5.74) is 3.04. The van der Waals surface area contributed by atoms with Crippen molar-refractivity contribution in [1.29, 1.82) is 0 Å². The number of aromatic nitrogens is 3. The number of carbonyl (C=O) groups excluding carboxylic acids is 1. The van der Waals surface area contributed by atoms with E-state index in [9.17, 15) is 4.79 Å². The summed E-state index contributed by atoms with van der Waals surface area (Å²) in [5, 5.41) is 6.59. The number of nitrogens with one attached hydrogen (secondary N) is 2. The summed E-state index contributed by atoms with van der Waals surface area (Å²) in [4.78, 5) is 24.9. The highest BCUT2D eigenvalue weighted by molar-refractivity contribution is 5.89. The van der Waals surface area contributed by atoms with E-state index in [0.717, 1.165) is 23.4 Å². The van der Waals surface area contributed by atoms with Crippen LogP contribution >= 0.6 is 0 Å². The van der Waals surface area contributed by atoms with E-state index in [1.54, 1.807) is 24.5 Å². The number of ether oxygens (including phenoxy) is 1. The van der Waals surface area contributed by atoms with Crippen LogP contribution in [-0.2, 0) is 4.74 Å². The van der Waals surface area contributed by atoms with Crippen LogP contribution in [0.3, 0.4) is 0 Å². The predicted octanol–water partition coefficient (Wildman–Crippen LogP) is 4.28. The number of benzene rings is 1. The molecule has 0 saturated carbocycles. The zero-order valence-electron chi connectivity index (χ0n) is 16.1. The number of nitrogens with zero attached hydrogens (tertiary/aromatic N) is 3. The molecular weight excluding hydrogens is 354 g/mol. The Morgan fingerprint density at radius 3 is 2.46 bits per heavy atom. The van der Waals surface area contributed by atoms with Crippen LogP contribution in [0.1, 0.15) is 30.6 Å². The number of anilines is 3. The van der Waals surface area contributed by atoms with Crippen LogP contribution in [0.2, 0.25) is 0 Å². The highest BCUT2D eigenvalue weighted by atomic mass is 16.5. The summed E-state index contributed by atoms with van der Waals surface area (Å²) < 4.78 is 4.73. The van der Waals surface area contributed by atoms with Gasteiger partial charge in [-0.25, -0.2) is 9.78 Å². The van der Waals surface area contributed by atoms with Gasteiger partial charge in [0.25, 0.3) is 0 Å². The Labute approximate surface area is 164 Å². The first kappa shape index (κ1) is 19.3. The summed E-state index contributed by atoms with van der Waals surface area (Å²) in [5.74, 6) is 0.837. The van der Waals surface area contributed by atoms with E-state index in [1.165, 1.54) is 7.11 Å². The lowest BCUT2D eigenvalue weighted by Gasteiger charge is -2.14. The lowest BCUT2D eigenvalue weighted by atomic mass is 10.2. The van der Waals surface area contributed by atoms with Gasteiger partial charge in [-0.1, -0.05) is 6.92 Å². The molecule has 0 amide bonds. The van der Waals surface area contributed by atoms with Gasteiger partial charge in [-0.05, 0) is 49.7 Å². The summed E-state index contributed by atoms with van der Waals surface area (Å²) in [7, 11) is 1.36. The van der Waals surface area contributed by atoms with Gasteiger partial charge in [0.05, 0.1) is 18.4 Å². The molecule has 0 aliphatic carbocycles. The highest BCUT2D eigenvalue weighted by Gasteiger charge is 2.10. The van der Waals surface area contributed by atoms with Crippen LogP contribution in [0.4, 0.5) is 17.5 Å². The predicted molar refractivity (Wildman–Crippen MR) is 110 cm³/mol. The number of esters is 1. The third-order valence-electron chi connectivity index (χ3n) is 4.27. The molecule has 7 heteroatoms. The monoisotopic (exact) mass is 377 g/mol. The molecule has 144 valence electrons. The maximum atomic E-state index is 11.6. The van der Waals surface area contributed by atoms with E-state index < -0.39 is 0 Å². The standard InChI is InChI=1S/C21H23N5O2/c1-4-14(2)23-21-25-18(15-9-11-22-12-10-15)13-19(26-21)24-17-7-5-16(6-8-17)20(27)28-3/h5-14H,4H2,1-3H3,(H2,23,24,25,26)/t14-/m1/s1. The molecule has 0 unspecified atom stereocenters. The maximum Gasteiger partial charge on any atom is 0.337 e. The lowest BCUT2D eigenvalue weighted by Crippen LogP contribution is -2.16. The number of rotatable bonds is 7. The second-order valence-corrected chi connectivity index (χ2v) is 6.35. The number of hydrogen-bond acceptors (Lipinski definition) is 7. The molecule has 0 saturated heterocycles. The maximum absolute atomic E-state index is 11.6. The van der Waals surface area contributed by atoms with Crippen molar-refractivity contribution in [3.05, 3.63) is 60.4 Å². The third-order valence-corrected chi connectivity index (χ3v) is 4.27. The molecule has 1 atom stereocenters. The van der Waals surface area contributed by atoms with E-state index in [2.05, 4.69) is 39.4 Å². The molecule has 0 fully saturated rings. The Kier molecular flexibility index (Phi) is 6.16. The van der Waals surface area contributed by atoms with E-state index in [1.807, 2.05) is 30.3 Å². The van der Waals surface area contributed by atoms with Crippen molar-refractivity contribution in [2.75, 3.05) is 17.7 Å². The molecule has 28 heavy (non-hydrogen) atoms. The molecule has 0 radical (unpaired) electrons. The van der Waals surface area contributed by atoms with Crippen molar-refractivity contribution in [2.24, 2.45) is 0 Å². The second kappa shape index (κ2) is 8.94. The zero-order chi connectivity index (χ0) is 19.9. The van der Waals surface area contributed by atoms with Crippen molar-refractivity contribution in [3.63, 3.8) is 0 Å². The van der Waals surface area contributed by atoms with Crippen LogP contribution in [-0.4, -0.2) is 34.1 Å². The topological polar surface area (TPSA) is 89.0 Å². The molecule has 7 nitrogen and oxygen atoms in total. The number of hydrogen-bond donors (Lipinski definition) is 2. The van der Waals surface area contributed by atoms with Crippen molar-refractivity contribution in [3.8, 4) is 11.3 Å². The number of pyridine rings is 1. The van der Waals surface area contributed by atoms with Crippen LogP contribution in [0.15, 0.2) is 54.9 Å². The second-order valence-electron chi connectivity index (χ2n) is 6.35. The van der Waals surface area contributed by atoms with E-state index in [0.29, 0.717) is 17.3 Å². The van der Waals surface area contributed by atoms with E-state index in [4.69, 9.17) is 4.74 Å². The zero-order valence-corrected chi connectivity index (χ0v) is 16.1. The SMILES string of the molecule is CC[C@@H](C)Nc1nc(Nc2ccc(C(=O)OC)cc2)cc(-c2ccncc2)n1. The Balaban J connectivity index is 1.90. The van der Waals surface area contributed by atoms with Crippen molar-refractivity contribution in [1.82, 2.24) is 15.0 Å².